The summed E-state index contributed by atoms with van der Waals surface area (Å²) in [6, 6.07) is 13.5. The van der Waals surface area contributed by atoms with Crippen LogP contribution in [0.2, 0.25) is 0 Å². The van der Waals surface area contributed by atoms with E-state index in [4.69, 9.17) is 10.7 Å². The number of anilines is 3. The van der Waals surface area contributed by atoms with E-state index in [9.17, 15) is 29.7 Å². The summed E-state index contributed by atoms with van der Waals surface area (Å²) >= 11 is 0. The number of carbonyl (C=O) groups excluding carboxylic acids is 2. The van der Waals surface area contributed by atoms with Gasteiger partial charge in [-0.05, 0) is 60.9 Å². The molecule has 11 nitrogen and oxygen atoms in total. The van der Waals surface area contributed by atoms with E-state index in [0.29, 0.717) is 28.9 Å². The first kappa shape index (κ1) is 29.3. The smallest absolute Gasteiger partial charge is 0.337 e. The van der Waals surface area contributed by atoms with E-state index in [-0.39, 0.29) is 28.3 Å². The van der Waals surface area contributed by atoms with Crippen molar-refractivity contribution in [1.29, 1.82) is 10.7 Å². The Morgan fingerprint density at radius 2 is 1.75 bits per heavy atom. The molecule has 206 valence electrons. The van der Waals surface area contributed by atoms with Gasteiger partial charge in [-0.3, -0.25) is 15.0 Å². The van der Waals surface area contributed by atoms with Gasteiger partial charge in [0.25, 0.3) is 5.91 Å². The number of carboxylic acids is 1. The number of nitriles is 1. The summed E-state index contributed by atoms with van der Waals surface area (Å²) in [4.78, 5) is 37.7. The summed E-state index contributed by atoms with van der Waals surface area (Å²) < 4.78 is 0. The lowest BCUT2D eigenvalue weighted by Crippen LogP contribution is -2.31. The highest BCUT2D eigenvalue weighted by atomic mass is 16.4. The van der Waals surface area contributed by atoms with Crippen LogP contribution in [0.15, 0.2) is 48.5 Å². The van der Waals surface area contributed by atoms with Crippen molar-refractivity contribution in [1.82, 2.24) is 0 Å². The minimum Gasteiger partial charge on any atom is -0.507 e. The minimum absolute atomic E-state index is 0.0848. The van der Waals surface area contributed by atoms with Crippen LogP contribution in [-0.2, 0) is 9.59 Å². The van der Waals surface area contributed by atoms with Crippen molar-refractivity contribution < 1.29 is 29.7 Å². The standard InChI is InChI=1S/C29H29N5O6/c1-5-26(37)34(4)24-13-25(36)22(12-20(24)19-8-7-18(10-15(19)2)32-16(3)35)27(31)28(38)33-23-9-6-17(14-30)11-21(23)29(39)40/h6-13,26,31,36-37H,5H2,1-4H3,(H,32,35)(H,33,38)(H,39,40). The van der Waals surface area contributed by atoms with E-state index in [1.165, 1.54) is 31.2 Å². The third-order valence-corrected chi connectivity index (χ3v) is 6.27. The van der Waals surface area contributed by atoms with Crippen molar-refractivity contribution in [2.45, 2.75) is 33.4 Å². The van der Waals surface area contributed by atoms with Gasteiger partial charge >= 0.3 is 5.97 Å². The molecule has 0 spiro atoms. The number of rotatable bonds is 9. The molecule has 11 heteroatoms. The van der Waals surface area contributed by atoms with Crippen LogP contribution in [0.4, 0.5) is 17.1 Å². The van der Waals surface area contributed by atoms with Crippen molar-refractivity contribution in [2.24, 2.45) is 0 Å². The van der Waals surface area contributed by atoms with Crippen molar-refractivity contribution in [2.75, 3.05) is 22.6 Å². The Labute approximate surface area is 230 Å². The van der Waals surface area contributed by atoms with Crippen molar-refractivity contribution in [3.05, 3.63) is 70.8 Å². The molecule has 0 aliphatic carbocycles. The average Bonchev–Trinajstić information content (AvgIpc) is 2.91. The molecule has 40 heavy (non-hydrogen) atoms. The van der Waals surface area contributed by atoms with E-state index < -0.39 is 29.6 Å². The molecule has 0 aliphatic rings. The van der Waals surface area contributed by atoms with E-state index in [1.807, 2.05) is 13.0 Å². The van der Waals surface area contributed by atoms with Gasteiger partial charge in [0.2, 0.25) is 5.91 Å². The first-order valence-electron chi connectivity index (χ1n) is 12.2. The van der Waals surface area contributed by atoms with Crippen LogP contribution in [-0.4, -0.2) is 52.1 Å². The van der Waals surface area contributed by atoms with Gasteiger partial charge in [0, 0.05) is 36.9 Å². The van der Waals surface area contributed by atoms with Gasteiger partial charge in [-0.25, -0.2) is 4.79 Å². The van der Waals surface area contributed by atoms with Crippen LogP contribution in [0.25, 0.3) is 11.1 Å². The molecule has 2 amide bonds. The number of carbonyl (C=O) groups is 3. The highest BCUT2D eigenvalue weighted by Crippen LogP contribution is 2.39. The molecular weight excluding hydrogens is 514 g/mol. The van der Waals surface area contributed by atoms with Crippen LogP contribution in [0.1, 0.15) is 47.3 Å². The maximum Gasteiger partial charge on any atom is 0.337 e. The molecule has 3 aromatic rings. The lowest BCUT2D eigenvalue weighted by molar-refractivity contribution is -0.114. The minimum atomic E-state index is -1.37. The number of phenolic OH excluding ortho intramolecular Hbond substituents is 1. The molecule has 0 aliphatic heterocycles. The van der Waals surface area contributed by atoms with Gasteiger partial charge in [0.1, 0.15) is 17.7 Å². The van der Waals surface area contributed by atoms with E-state index >= 15 is 0 Å². The molecule has 0 aromatic heterocycles. The fraction of sp³-hybridized carbons (Fsp3) is 0.207. The molecule has 0 heterocycles. The van der Waals surface area contributed by atoms with E-state index in [1.54, 1.807) is 37.1 Å². The molecule has 0 saturated heterocycles. The summed E-state index contributed by atoms with van der Waals surface area (Å²) in [5.74, 6) is -3.00. The van der Waals surface area contributed by atoms with Crippen LogP contribution >= 0.6 is 0 Å². The van der Waals surface area contributed by atoms with Gasteiger partial charge in [0.05, 0.1) is 28.6 Å². The number of nitrogens with zero attached hydrogens (tertiary/aromatic N) is 2. The van der Waals surface area contributed by atoms with Crippen molar-refractivity contribution >= 4 is 40.6 Å². The summed E-state index contributed by atoms with van der Waals surface area (Å²) in [5, 5.41) is 53.5. The number of benzene rings is 3. The number of phenols is 1. The van der Waals surface area contributed by atoms with Crippen LogP contribution in [0.5, 0.6) is 5.75 Å². The molecule has 3 rings (SSSR count). The topological polar surface area (TPSA) is 187 Å². The Morgan fingerprint density at radius 3 is 2.33 bits per heavy atom. The second-order valence-electron chi connectivity index (χ2n) is 9.10. The lowest BCUT2D eigenvalue weighted by atomic mass is 9.93. The molecular formula is C29H29N5O6. The maximum atomic E-state index is 13.0. The monoisotopic (exact) mass is 543 g/mol. The Morgan fingerprint density at radius 1 is 1.05 bits per heavy atom. The first-order valence-corrected chi connectivity index (χ1v) is 12.2. The average molecular weight is 544 g/mol. The second-order valence-corrected chi connectivity index (χ2v) is 9.10. The Hall–Kier alpha value is -5.21. The first-order chi connectivity index (χ1) is 18.9. The van der Waals surface area contributed by atoms with Gasteiger partial charge in [0.15, 0.2) is 0 Å². The fourth-order valence-corrected chi connectivity index (χ4v) is 4.17. The number of hydrogen-bond acceptors (Lipinski definition) is 8. The normalized spacial score (nSPS) is 11.2. The number of aromatic carboxylic acids is 1. The molecule has 1 atom stereocenters. The number of aryl methyl sites for hydroxylation is 1. The Balaban J connectivity index is 2.10. The number of nitrogens with one attached hydrogen (secondary N) is 3. The summed E-state index contributed by atoms with van der Waals surface area (Å²) in [6.07, 6.45) is -0.510. The molecule has 0 bridgehead atoms. The number of carboxylic acid groups (broad SMARTS) is 1. The molecule has 0 saturated carbocycles. The summed E-state index contributed by atoms with van der Waals surface area (Å²) in [5.41, 5.74) is 1.76. The summed E-state index contributed by atoms with van der Waals surface area (Å²) in [7, 11) is 1.64. The van der Waals surface area contributed by atoms with E-state index in [0.717, 1.165) is 11.6 Å². The predicted octanol–water partition coefficient (Wildman–Crippen LogP) is 4.07. The SMILES string of the molecule is CCC(O)N(C)c1cc(O)c(C(=N)C(=O)Nc2ccc(C#N)cc2C(=O)O)cc1-c1ccc(NC(C)=O)cc1C. The third kappa shape index (κ3) is 6.25. The van der Waals surface area contributed by atoms with Gasteiger partial charge in [-0.2, -0.15) is 5.26 Å². The van der Waals surface area contributed by atoms with Crippen molar-refractivity contribution in [3.63, 3.8) is 0 Å². The number of aliphatic hydroxyl groups is 1. The molecule has 6 N–H and O–H groups in total. The molecule has 1 unspecified atom stereocenters. The largest absolute Gasteiger partial charge is 0.507 e. The van der Waals surface area contributed by atoms with Gasteiger partial charge in [-0.1, -0.05) is 13.0 Å². The van der Waals surface area contributed by atoms with Crippen molar-refractivity contribution in [3.8, 4) is 22.9 Å². The molecule has 3 aromatic carbocycles. The molecule has 0 fully saturated rings. The fourth-order valence-electron chi connectivity index (χ4n) is 4.17. The Bertz CT molecular complexity index is 1560. The number of hydrogen-bond donors (Lipinski definition) is 6. The lowest BCUT2D eigenvalue weighted by Gasteiger charge is -2.28. The summed E-state index contributed by atoms with van der Waals surface area (Å²) in [6.45, 7) is 4.99. The number of aromatic hydroxyl groups is 1. The van der Waals surface area contributed by atoms with Crippen LogP contribution in [0, 0.1) is 23.7 Å². The van der Waals surface area contributed by atoms with Crippen LogP contribution < -0.4 is 15.5 Å². The molecule has 0 radical (unpaired) electrons. The Kier molecular flexibility index (Phi) is 8.88. The zero-order valence-corrected chi connectivity index (χ0v) is 22.4. The predicted molar refractivity (Wildman–Crippen MR) is 151 cm³/mol. The highest BCUT2D eigenvalue weighted by Gasteiger charge is 2.24. The number of amides is 2. The maximum absolute atomic E-state index is 13.0. The zero-order valence-electron chi connectivity index (χ0n) is 22.4. The van der Waals surface area contributed by atoms with Gasteiger partial charge in [-0.15, -0.1) is 0 Å². The second kappa shape index (κ2) is 12.1. The van der Waals surface area contributed by atoms with E-state index in [2.05, 4.69) is 10.6 Å². The zero-order chi connectivity index (χ0) is 29.7. The highest BCUT2D eigenvalue weighted by molar-refractivity contribution is 6.48. The quantitative estimate of drug-likeness (QED) is 0.172. The van der Waals surface area contributed by atoms with Gasteiger partial charge < -0.3 is 30.9 Å². The van der Waals surface area contributed by atoms with Crippen LogP contribution in [0.3, 0.4) is 0 Å². The number of aliphatic hydroxyl groups excluding tert-OH is 1. The third-order valence-electron chi connectivity index (χ3n) is 6.27.